The first-order valence-corrected chi connectivity index (χ1v) is 5.98. The smallest absolute Gasteiger partial charge is 0.185 e. The molecule has 0 saturated carbocycles. The van der Waals surface area contributed by atoms with Gasteiger partial charge in [0, 0.05) is 5.56 Å². The molecule has 2 aromatic carbocycles. The Bertz CT molecular complexity index is 642. The number of hydrogen-bond donors (Lipinski definition) is 2. The zero-order valence-electron chi connectivity index (χ0n) is 10.9. The lowest BCUT2D eigenvalue weighted by molar-refractivity contribution is 0.104. The molecule has 0 unspecified atom stereocenters. The number of carbonyl (C=O) groups excluding carboxylic acids is 1. The molecule has 20 heavy (non-hydrogen) atoms. The molecule has 0 amide bonds. The van der Waals surface area contributed by atoms with Crippen molar-refractivity contribution in [3.8, 4) is 17.2 Å². The number of ether oxygens (including phenoxy) is 1. The molecule has 102 valence electrons. The van der Waals surface area contributed by atoms with Crippen LogP contribution in [-0.4, -0.2) is 23.1 Å². The first kappa shape index (κ1) is 13.7. The van der Waals surface area contributed by atoms with Crippen LogP contribution < -0.4 is 4.74 Å². The number of phenols is 2. The number of hydrogen-bond acceptors (Lipinski definition) is 4. The molecule has 0 saturated heterocycles. The van der Waals surface area contributed by atoms with Crippen molar-refractivity contribution in [2.45, 2.75) is 0 Å². The van der Waals surface area contributed by atoms with E-state index in [0.717, 1.165) is 0 Å². The lowest BCUT2D eigenvalue weighted by atomic mass is 10.1. The molecule has 0 spiro atoms. The highest BCUT2D eigenvalue weighted by Gasteiger charge is 2.03. The third kappa shape index (κ3) is 3.17. The standard InChI is InChI=1S/C16H14O4/c1-20-16-9-3-11(10-15(16)19)2-8-14(18)12-4-6-13(17)7-5-12/h2-10,17,19H,1H3/b8-2+. The minimum atomic E-state index is -0.180. The Kier molecular flexibility index (Phi) is 4.05. The van der Waals surface area contributed by atoms with Crippen molar-refractivity contribution in [3.63, 3.8) is 0 Å². The SMILES string of the molecule is COc1ccc(/C=C/C(=O)c2ccc(O)cc2)cc1O. The number of carbonyl (C=O) groups is 1. The van der Waals surface area contributed by atoms with Gasteiger partial charge in [-0.2, -0.15) is 0 Å². The minimum Gasteiger partial charge on any atom is -0.508 e. The van der Waals surface area contributed by atoms with Crippen LogP contribution in [0.1, 0.15) is 15.9 Å². The predicted octanol–water partition coefficient (Wildman–Crippen LogP) is 3.00. The van der Waals surface area contributed by atoms with Crippen molar-refractivity contribution in [1.82, 2.24) is 0 Å². The number of aromatic hydroxyl groups is 2. The Hall–Kier alpha value is -2.75. The molecule has 0 radical (unpaired) electrons. The Morgan fingerprint density at radius 2 is 1.80 bits per heavy atom. The summed E-state index contributed by atoms with van der Waals surface area (Å²) in [5.74, 6) is 0.338. The van der Waals surface area contributed by atoms with E-state index in [0.29, 0.717) is 16.9 Å². The van der Waals surface area contributed by atoms with Crippen LogP contribution in [-0.2, 0) is 0 Å². The summed E-state index contributed by atoms with van der Waals surface area (Å²) in [6, 6.07) is 10.9. The molecule has 0 aromatic heterocycles. The quantitative estimate of drug-likeness (QED) is 0.662. The number of benzene rings is 2. The summed E-state index contributed by atoms with van der Waals surface area (Å²) in [5, 5.41) is 18.8. The van der Waals surface area contributed by atoms with Crippen molar-refractivity contribution >= 4 is 11.9 Å². The predicted molar refractivity (Wildman–Crippen MR) is 76.1 cm³/mol. The molecular formula is C16H14O4. The topological polar surface area (TPSA) is 66.8 Å². The normalized spacial score (nSPS) is 10.7. The highest BCUT2D eigenvalue weighted by atomic mass is 16.5. The van der Waals surface area contributed by atoms with Crippen LogP contribution in [0.2, 0.25) is 0 Å². The Labute approximate surface area is 116 Å². The van der Waals surface area contributed by atoms with Gasteiger partial charge in [-0.3, -0.25) is 4.79 Å². The molecule has 0 aliphatic heterocycles. The molecule has 0 atom stereocenters. The molecule has 2 aromatic rings. The van der Waals surface area contributed by atoms with Crippen LogP contribution in [0.3, 0.4) is 0 Å². The second-order valence-corrected chi connectivity index (χ2v) is 4.18. The fourth-order valence-corrected chi connectivity index (χ4v) is 1.70. The molecule has 4 nitrogen and oxygen atoms in total. The van der Waals surface area contributed by atoms with Gasteiger partial charge in [0.1, 0.15) is 5.75 Å². The van der Waals surface area contributed by atoms with Crippen molar-refractivity contribution in [3.05, 3.63) is 59.7 Å². The van der Waals surface area contributed by atoms with E-state index in [4.69, 9.17) is 9.84 Å². The summed E-state index contributed by atoms with van der Waals surface area (Å²) >= 11 is 0. The zero-order chi connectivity index (χ0) is 14.5. The maximum absolute atomic E-state index is 11.9. The molecule has 0 fully saturated rings. The maximum atomic E-state index is 11.9. The van der Waals surface area contributed by atoms with E-state index in [2.05, 4.69) is 0 Å². The third-order valence-corrected chi connectivity index (χ3v) is 2.78. The van der Waals surface area contributed by atoms with E-state index in [-0.39, 0.29) is 17.3 Å². The molecule has 0 bridgehead atoms. The number of phenolic OH excluding ortho intramolecular Hbond substituents is 2. The summed E-state index contributed by atoms with van der Waals surface area (Å²) in [4.78, 5) is 11.9. The minimum absolute atomic E-state index is 0.0201. The molecule has 0 aliphatic rings. The van der Waals surface area contributed by atoms with Crippen molar-refractivity contribution in [2.24, 2.45) is 0 Å². The van der Waals surface area contributed by atoms with Crippen LogP contribution in [0, 0.1) is 0 Å². The van der Waals surface area contributed by atoms with E-state index in [1.54, 1.807) is 30.3 Å². The average molecular weight is 270 g/mol. The van der Waals surface area contributed by atoms with Gasteiger partial charge < -0.3 is 14.9 Å². The van der Waals surface area contributed by atoms with Crippen LogP contribution in [0.25, 0.3) is 6.08 Å². The van der Waals surface area contributed by atoms with Crippen molar-refractivity contribution in [2.75, 3.05) is 7.11 Å². The monoisotopic (exact) mass is 270 g/mol. The largest absolute Gasteiger partial charge is 0.508 e. The fourth-order valence-electron chi connectivity index (χ4n) is 1.70. The van der Waals surface area contributed by atoms with Crippen LogP contribution in [0.15, 0.2) is 48.5 Å². The van der Waals surface area contributed by atoms with Gasteiger partial charge in [-0.1, -0.05) is 12.1 Å². The Morgan fingerprint density at radius 1 is 1.10 bits per heavy atom. The molecular weight excluding hydrogens is 256 g/mol. The summed E-state index contributed by atoms with van der Waals surface area (Å²) < 4.78 is 4.94. The van der Waals surface area contributed by atoms with Gasteiger partial charge in [-0.25, -0.2) is 0 Å². The second-order valence-electron chi connectivity index (χ2n) is 4.18. The highest BCUT2D eigenvalue weighted by Crippen LogP contribution is 2.26. The molecule has 0 heterocycles. The summed E-state index contributed by atoms with van der Waals surface area (Å²) in [7, 11) is 1.47. The average Bonchev–Trinajstić information content (AvgIpc) is 2.45. The summed E-state index contributed by atoms with van der Waals surface area (Å²) in [5.41, 5.74) is 1.17. The number of allylic oxidation sites excluding steroid dienone is 1. The van der Waals surface area contributed by atoms with E-state index in [1.807, 2.05) is 0 Å². The van der Waals surface area contributed by atoms with Gasteiger partial charge in [0.15, 0.2) is 17.3 Å². The second kappa shape index (κ2) is 5.93. The number of ketones is 1. The van der Waals surface area contributed by atoms with Crippen molar-refractivity contribution < 1.29 is 19.7 Å². The van der Waals surface area contributed by atoms with Gasteiger partial charge in [0.25, 0.3) is 0 Å². The first-order chi connectivity index (χ1) is 9.60. The van der Waals surface area contributed by atoms with Crippen LogP contribution in [0.4, 0.5) is 0 Å². The van der Waals surface area contributed by atoms with Gasteiger partial charge >= 0.3 is 0 Å². The fraction of sp³-hybridized carbons (Fsp3) is 0.0625. The maximum Gasteiger partial charge on any atom is 0.185 e. The van der Waals surface area contributed by atoms with Crippen molar-refractivity contribution in [1.29, 1.82) is 0 Å². The summed E-state index contributed by atoms with van der Waals surface area (Å²) in [6.45, 7) is 0. The van der Waals surface area contributed by atoms with Gasteiger partial charge in [-0.05, 0) is 48.0 Å². The van der Waals surface area contributed by atoms with E-state index >= 15 is 0 Å². The van der Waals surface area contributed by atoms with Crippen LogP contribution in [0.5, 0.6) is 17.2 Å². The highest BCUT2D eigenvalue weighted by molar-refractivity contribution is 6.06. The Balaban J connectivity index is 2.14. The zero-order valence-corrected chi connectivity index (χ0v) is 10.9. The van der Waals surface area contributed by atoms with E-state index in [9.17, 15) is 9.90 Å². The van der Waals surface area contributed by atoms with Gasteiger partial charge in [0.05, 0.1) is 7.11 Å². The third-order valence-electron chi connectivity index (χ3n) is 2.78. The molecule has 0 aliphatic carbocycles. The van der Waals surface area contributed by atoms with E-state index < -0.39 is 0 Å². The number of methoxy groups -OCH3 is 1. The lowest BCUT2D eigenvalue weighted by Gasteiger charge is -2.03. The number of rotatable bonds is 4. The van der Waals surface area contributed by atoms with Gasteiger partial charge in [-0.15, -0.1) is 0 Å². The Morgan fingerprint density at radius 3 is 2.40 bits per heavy atom. The molecule has 2 N–H and O–H groups in total. The first-order valence-electron chi connectivity index (χ1n) is 5.98. The lowest BCUT2D eigenvalue weighted by Crippen LogP contribution is -1.93. The molecule has 2 rings (SSSR count). The van der Waals surface area contributed by atoms with Gasteiger partial charge in [0.2, 0.25) is 0 Å². The summed E-state index contributed by atoms with van der Waals surface area (Å²) in [6.07, 6.45) is 3.02. The van der Waals surface area contributed by atoms with E-state index in [1.165, 1.54) is 31.4 Å². The molecule has 4 heteroatoms. The van der Waals surface area contributed by atoms with Crippen LogP contribution >= 0.6 is 0 Å².